The summed E-state index contributed by atoms with van der Waals surface area (Å²) in [7, 11) is -2.31. The molecule has 8 heteroatoms. The fraction of sp³-hybridized carbons (Fsp3) is 0.278. The van der Waals surface area contributed by atoms with Crippen LogP contribution in [-0.2, 0) is 21.2 Å². The van der Waals surface area contributed by atoms with Crippen molar-refractivity contribution in [1.82, 2.24) is 0 Å². The van der Waals surface area contributed by atoms with Gasteiger partial charge in [-0.05, 0) is 48.4 Å². The number of amides is 1. The van der Waals surface area contributed by atoms with E-state index < -0.39 is 10.0 Å². The topological polar surface area (TPSA) is 57.7 Å². The fourth-order valence-corrected chi connectivity index (χ4v) is 5.42. The molecule has 1 amide bonds. The van der Waals surface area contributed by atoms with Gasteiger partial charge in [0.15, 0.2) is 0 Å². The summed E-state index contributed by atoms with van der Waals surface area (Å²) in [5.74, 6) is -0.0752. The molecule has 2 aromatic carbocycles. The van der Waals surface area contributed by atoms with Crippen LogP contribution in [0.2, 0.25) is 0 Å². The minimum absolute atomic E-state index is 0.0752. The molecule has 0 fully saturated rings. The molecule has 0 radical (unpaired) electrons. The van der Waals surface area contributed by atoms with Crippen LogP contribution >= 0.6 is 31.9 Å². The van der Waals surface area contributed by atoms with Gasteiger partial charge in [-0.2, -0.15) is 0 Å². The third-order valence-corrected chi connectivity index (χ3v) is 7.21. The number of carbonyl (C=O) groups is 1. The summed E-state index contributed by atoms with van der Waals surface area (Å²) in [5.41, 5.74) is 1.92. The van der Waals surface area contributed by atoms with Crippen LogP contribution in [0.25, 0.3) is 0 Å². The number of hydrogen-bond acceptors (Lipinski definition) is 3. The second kappa shape index (κ2) is 7.32. The maximum Gasteiger partial charge on any atom is 0.266 e. The van der Waals surface area contributed by atoms with E-state index >= 15 is 0 Å². The summed E-state index contributed by atoms with van der Waals surface area (Å²) in [5, 5.41) is 0. The Balaban J connectivity index is 2.14. The van der Waals surface area contributed by atoms with Gasteiger partial charge < -0.3 is 4.90 Å². The molecule has 0 spiro atoms. The molecule has 0 saturated carbocycles. The van der Waals surface area contributed by atoms with E-state index in [1.807, 2.05) is 6.07 Å². The number of rotatable bonds is 4. The van der Waals surface area contributed by atoms with E-state index in [1.54, 1.807) is 42.2 Å². The van der Waals surface area contributed by atoms with Crippen molar-refractivity contribution >= 4 is 59.2 Å². The Hall–Kier alpha value is -1.38. The van der Waals surface area contributed by atoms with E-state index in [0.717, 1.165) is 10.0 Å². The maximum absolute atomic E-state index is 13.3. The number of benzene rings is 2. The summed E-state index contributed by atoms with van der Waals surface area (Å²) in [6.07, 6.45) is 0.975. The van der Waals surface area contributed by atoms with Gasteiger partial charge in [-0.3, -0.25) is 9.10 Å². The largest absolute Gasteiger partial charge is 0.310 e. The van der Waals surface area contributed by atoms with Crippen LogP contribution in [0.4, 0.5) is 11.4 Å². The van der Waals surface area contributed by atoms with Crippen LogP contribution in [0.1, 0.15) is 18.9 Å². The van der Waals surface area contributed by atoms with E-state index in [-0.39, 0.29) is 10.8 Å². The minimum Gasteiger partial charge on any atom is -0.310 e. The van der Waals surface area contributed by atoms with Crippen LogP contribution in [-0.4, -0.2) is 27.9 Å². The minimum atomic E-state index is -3.83. The molecule has 0 aliphatic carbocycles. The van der Waals surface area contributed by atoms with Crippen molar-refractivity contribution in [3.05, 3.63) is 50.9 Å². The van der Waals surface area contributed by atoms with Crippen molar-refractivity contribution in [3.8, 4) is 0 Å². The first kappa shape index (κ1) is 19.4. The highest BCUT2D eigenvalue weighted by Crippen LogP contribution is 2.39. The molecule has 0 bridgehead atoms. The molecule has 0 atom stereocenters. The summed E-state index contributed by atoms with van der Waals surface area (Å²) < 4.78 is 29.5. The Bertz CT molecular complexity index is 959. The SMILES string of the molecule is CCC(=O)N1CCc2cc(Br)cc(S(=O)(=O)N(C)c3ccc(Br)cc3)c21. The third-order valence-electron chi connectivity index (χ3n) is 4.43. The first-order valence-electron chi connectivity index (χ1n) is 8.13. The maximum atomic E-state index is 13.3. The number of nitrogens with zero attached hydrogens (tertiary/aromatic N) is 2. The smallest absolute Gasteiger partial charge is 0.266 e. The Morgan fingerprint density at radius 3 is 2.42 bits per heavy atom. The van der Waals surface area contributed by atoms with Crippen molar-refractivity contribution in [2.75, 3.05) is 22.8 Å². The van der Waals surface area contributed by atoms with Crippen LogP contribution < -0.4 is 9.21 Å². The van der Waals surface area contributed by atoms with E-state index in [9.17, 15) is 13.2 Å². The Kier molecular flexibility index (Phi) is 5.46. The molecule has 1 aliphatic heterocycles. The zero-order chi connectivity index (χ0) is 19.1. The van der Waals surface area contributed by atoms with E-state index in [2.05, 4.69) is 31.9 Å². The van der Waals surface area contributed by atoms with Crippen LogP contribution in [0.15, 0.2) is 50.2 Å². The summed E-state index contributed by atoms with van der Waals surface area (Å²) in [4.78, 5) is 14.1. The van der Waals surface area contributed by atoms with Gasteiger partial charge in [0.1, 0.15) is 4.90 Å². The lowest BCUT2D eigenvalue weighted by Crippen LogP contribution is -2.32. The van der Waals surface area contributed by atoms with Crippen molar-refractivity contribution in [2.24, 2.45) is 0 Å². The van der Waals surface area contributed by atoms with Gasteiger partial charge >= 0.3 is 0 Å². The normalized spacial score (nSPS) is 13.6. The van der Waals surface area contributed by atoms with Gasteiger partial charge in [0.25, 0.3) is 10.0 Å². The van der Waals surface area contributed by atoms with E-state index in [0.29, 0.717) is 35.2 Å². The second-order valence-corrected chi connectivity index (χ2v) is 9.78. The Morgan fingerprint density at radius 1 is 1.15 bits per heavy atom. The average molecular weight is 502 g/mol. The standard InChI is InChI=1S/C18H18Br2N2O3S/c1-3-17(23)22-9-8-12-10-14(20)11-16(18(12)22)26(24,25)21(2)15-6-4-13(19)5-7-15/h4-7,10-11H,3,8-9H2,1-2H3. The quantitative estimate of drug-likeness (QED) is 0.626. The second-order valence-electron chi connectivity index (χ2n) is 6.01. The molecule has 138 valence electrons. The highest BCUT2D eigenvalue weighted by atomic mass is 79.9. The fourth-order valence-electron chi connectivity index (χ4n) is 3.04. The van der Waals surface area contributed by atoms with Crippen molar-refractivity contribution < 1.29 is 13.2 Å². The third kappa shape index (κ3) is 3.42. The molecule has 0 N–H and O–H groups in total. The molecule has 0 unspecified atom stereocenters. The van der Waals surface area contributed by atoms with E-state index in [1.165, 1.54) is 11.4 Å². The molecule has 1 aliphatic rings. The van der Waals surface area contributed by atoms with Crippen LogP contribution in [0.3, 0.4) is 0 Å². The Labute approximate surface area is 170 Å². The zero-order valence-corrected chi connectivity index (χ0v) is 18.4. The monoisotopic (exact) mass is 500 g/mol. The number of sulfonamides is 1. The van der Waals surface area contributed by atoms with Gasteiger partial charge in [-0.25, -0.2) is 8.42 Å². The number of carbonyl (C=O) groups excluding carboxylic acids is 1. The molecule has 26 heavy (non-hydrogen) atoms. The lowest BCUT2D eigenvalue weighted by Gasteiger charge is -2.24. The molecular weight excluding hydrogens is 484 g/mol. The van der Waals surface area contributed by atoms with E-state index in [4.69, 9.17) is 0 Å². The lowest BCUT2D eigenvalue weighted by atomic mass is 10.2. The summed E-state index contributed by atoms with van der Waals surface area (Å²) in [6, 6.07) is 10.5. The predicted octanol–water partition coefficient (Wildman–Crippen LogP) is 4.34. The molecular formula is C18H18Br2N2O3S. The molecule has 0 aromatic heterocycles. The highest BCUT2D eigenvalue weighted by Gasteiger charge is 2.34. The van der Waals surface area contributed by atoms with Crippen LogP contribution in [0, 0.1) is 0 Å². The Morgan fingerprint density at radius 2 is 1.81 bits per heavy atom. The predicted molar refractivity (Wildman–Crippen MR) is 110 cm³/mol. The summed E-state index contributed by atoms with van der Waals surface area (Å²) >= 11 is 6.76. The van der Waals surface area contributed by atoms with Gasteiger partial charge in [0, 0.05) is 29.0 Å². The molecule has 1 heterocycles. The number of halogens is 2. The van der Waals surface area contributed by atoms with Crippen molar-refractivity contribution in [1.29, 1.82) is 0 Å². The van der Waals surface area contributed by atoms with Crippen molar-refractivity contribution in [2.45, 2.75) is 24.7 Å². The number of hydrogen-bond donors (Lipinski definition) is 0. The van der Waals surface area contributed by atoms with Crippen LogP contribution in [0.5, 0.6) is 0 Å². The zero-order valence-electron chi connectivity index (χ0n) is 14.4. The molecule has 5 nitrogen and oxygen atoms in total. The van der Waals surface area contributed by atoms with Gasteiger partial charge in [0.2, 0.25) is 5.91 Å². The number of fused-ring (bicyclic) bond motifs is 1. The highest BCUT2D eigenvalue weighted by molar-refractivity contribution is 9.10. The lowest BCUT2D eigenvalue weighted by molar-refractivity contribution is -0.118. The molecule has 2 aromatic rings. The molecule has 0 saturated heterocycles. The average Bonchev–Trinajstić information content (AvgIpc) is 3.03. The van der Waals surface area contributed by atoms with Gasteiger partial charge in [-0.15, -0.1) is 0 Å². The van der Waals surface area contributed by atoms with Gasteiger partial charge in [-0.1, -0.05) is 38.8 Å². The first-order chi connectivity index (χ1) is 12.3. The summed E-state index contributed by atoms with van der Waals surface area (Å²) in [6.45, 7) is 2.28. The first-order valence-corrected chi connectivity index (χ1v) is 11.2. The van der Waals surface area contributed by atoms with Gasteiger partial charge in [0.05, 0.1) is 11.4 Å². The van der Waals surface area contributed by atoms with Crippen molar-refractivity contribution in [3.63, 3.8) is 0 Å². The molecule has 3 rings (SSSR count). The number of anilines is 2.